The van der Waals surface area contributed by atoms with Crippen molar-refractivity contribution in [1.29, 1.82) is 0 Å². The van der Waals surface area contributed by atoms with Crippen molar-refractivity contribution >= 4 is 5.97 Å². The molecule has 0 heterocycles. The third-order valence-corrected chi connectivity index (χ3v) is 3.05. The second-order valence-electron chi connectivity index (χ2n) is 4.96. The van der Waals surface area contributed by atoms with Crippen LogP contribution in [-0.4, -0.2) is 60.9 Å². The number of nitrogens with zero attached hydrogens (tertiary/aromatic N) is 1. The molecule has 0 amide bonds. The first-order valence-electron chi connectivity index (χ1n) is 6.64. The average Bonchev–Trinajstić information content (AvgIpc) is 2.31. The van der Waals surface area contributed by atoms with Crippen molar-refractivity contribution in [3.05, 3.63) is 0 Å². The summed E-state index contributed by atoms with van der Waals surface area (Å²) in [7, 11) is 1.66. The fourth-order valence-corrected chi connectivity index (χ4v) is 1.80. The van der Waals surface area contributed by atoms with Gasteiger partial charge < -0.3 is 15.2 Å². The monoisotopic (exact) mass is 260 g/mol. The summed E-state index contributed by atoms with van der Waals surface area (Å²) >= 11 is 0. The van der Waals surface area contributed by atoms with Crippen LogP contribution in [0.2, 0.25) is 0 Å². The molecule has 18 heavy (non-hydrogen) atoms. The average molecular weight is 260 g/mol. The summed E-state index contributed by atoms with van der Waals surface area (Å²) in [4.78, 5) is 13.4. The van der Waals surface area contributed by atoms with Gasteiger partial charge in [0.15, 0.2) is 0 Å². The predicted molar refractivity (Wildman–Crippen MR) is 72.9 cm³/mol. The van der Waals surface area contributed by atoms with Gasteiger partial charge in [-0.15, -0.1) is 0 Å². The maximum atomic E-state index is 11.2. The van der Waals surface area contributed by atoms with Gasteiger partial charge in [-0.05, 0) is 13.3 Å². The van der Waals surface area contributed by atoms with Gasteiger partial charge in [0.25, 0.3) is 0 Å². The summed E-state index contributed by atoms with van der Waals surface area (Å²) < 4.78 is 5.08. The Morgan fingerprint density at radius 3 is 2.39 bits per heavy atom. The Balaban J connectivity index is 4.52. The number of methoxy groups -OCH3 is 1. The largest absolute Gasteiger partial charge is 0.480 e. The Labute approximate surface area is 110 Å². The quantitative estimate of drug-likeness (QED) is 0.618. The second kappa shape index (κ2) is 9.30. The fraction of sp³-hybridized carbons (Fsp3) is 0.923. The first kappa shape index (κ1) is 17.4. The summed E-state index contributed by atoms with van der Waals surface area (Å²) in [6.45, 7) is 10.0. The number of carboxylic acid groups (broad SMARTS) is 1. The van der Waals surface area contributed by atoms with Crippen LogP contribution in [0, 0.1) is 0 Å². The van der Waals surface area contributed by atoms with Gasteiger partial charge in [-0.3, -0.25) is 9.69 Å². The van der Waals surface area contributed by atoms with Crippen LogP contribution in [0.15, 0.2) is 0 Å². The van der Waals surface area contributed by atoms with Crippen LogP contribution >= 0.6 is 0 Å². The van der Waals surface area contributed by atoms with Gasteiger partial charge in [0, 0.05) is 32.3 Å². The minimum atomic E-state index is -0.797. The molecule has 108 valence electrons. The van der Waals surface area contributed by atoms with Crippen molar-refractivity contribution in [2.45, 2.75) is 52.2 Å². The first-order valence-corrected chi connectivity index (χ1v) is 6.64. The highest BCUT2D eigenvalue weighted by molar-refractivity contribution is 5.73. The van der Waals surface area contributed by atoms with Crippen LogP contribution in [0.1, 0.15) is 34.1 Å². The van der Waals surface area contributed by atoms with Gasteiger partial charge in [-0.1, -0.05) is 20.8 Å². The number of hydrogen-bond acceptors (Lipinski definition) is 4. The molecule has 0 rings (SSSR count). The number of carbonyl (C=O) groups is 1. The highest BCUT2D eigenvalue weighted by Crippen LogP contribution is 2.05. The Bertz CT molecular complexity index is 234. The molecular weight excluding hydrogens is 232 g/mol. The summed E-state index contributed by atoms with van der Waals surface area (Å²) in [5.41, 5.74) is 0. The molecule has 2 unspecified atom stereocenters. The third kappa shape index (κ3) is 6.93. The molecule has 5 nitrogen and oxygen atoms in total. The van der Waals surface area contributed by atoms with Crippen molar-refractivity contribution in [3.63, 3.8) is 0 Å². The van der Waals surface area contributed by atoms with E-state index in [1.54, 1.807) is 7.11 Å². The van der Waals surface area contributed by atoms with Crippen molar-refractivity contribution < 1.29 is 14.6 Å². The fourth-order valence-electron chi connectivity index (χ4n) is 1.80. The molecule has 5 heteroatoms. The van der Waals surface area contributed by atoms with E-state index in [0.717, 1.165) is 13.0 Å². The number of nitrogens with one attached hydrogen (secondary N) is 1. The van der Waals surface area contributed by atoms with Gasteiger partial charge in [0.1, 0.15) is 6.04 Å². The van der Waals surface area contributed by atoms with E-state index in [-0.39, 0.29) is 6.04 Å². The Hall–Kier alpha value is -0.650. The second-order valence-corrected chi connectivity index (χ2v) is 4.96. The van der Waals surface area contributed by atoms with Crippen LogP contribution in [0.4, 0.5) is 0 Å². The molecular formula is C13H28N2O3. The smallest absolute Gasteiger partial charge is 0.322 e. The van der Waals surface area contributed by atoms with E-state index in [4.69, 9.17) is 4.74 Å². The lowest BCUT2D eigenvalue weighted by Gasteiger charge is -2.31. The first-order chi connectivity index (χ1) is 8.42. The molecule has 0 aliphatic heterocycles. The predicted octanol–water partition coefficient (Wildman–Crippen LogP) is 1.18. The zero-order valence-corrected chi connectivity index (χ0v) is 12.3. The van der Waals surface area contributed by atoms with E-state index in [1.165, 1.54) is 0 Å². The van der Waals surface area contributed by atoms with Gasteiger partial charge in [-0.25, -0.2) is 0 Å². The normalized spacial score (nSPS) is 15.1. The number of hydrogen-bond donors (Lipinski definition) is 2. The number of carboxylic acids is 1. The highest BCUT2D eigenvalue weighted by atomic mass is 16.5. The van der Waals surface area contributed by atoms with Crippen LogP contribution < -0.4 is 5.32 Å². The Kier molecular flexibility index (Phi) is 8.97. The molecule has 0 aliphatic carbocycles. The lowest BCUT2D eigenvalue weighted by Crippen LogP contribution is -2.51. The van der Waals surface area contributed by atoms with Gasteiger partial charge in [0.05, 0.1) is 6.61 Å². The van der Waals surface area contributed by atoms with Gasteiger partial charge in [-0.2, -0.15) is 0 Å². The maximum Gasteiger partial charge on any atom is 0.322 e. The van der Waals surface area contributed by atoms with Crippen LogP contribution in [0.3, 0.4) is 0 Å². The summed E-state index contributed by atoms with van der Waals surface area (Å²) in [6.07, 6.45) is 0.998. The summed E-state index contributed by atoms with van der Waals surface area (Å²) in [5, 5.41) is 12.3. The topological polar surface area (TPSA) is 61.8 Å². The molecule has 2 N–H and O–H groups in total. The van der Waals surface area contributed by atoms with Crippen LogP contribution in [0.25, 0.3) is 0 Å². The van der Waals surface area contributed by atoms with E-state index >= 15 is 0 Å². The molecule has 0 aromatic carbocycles. The van der Waals surface area contributed by atoms with E-state index in [1.807, 2.05) is 13.8 Å². The highest BCUT2D eigenvalue weighted by Gasteiger charge is 2.23. The molecule has 0 aromatic heterocycles. The van der Waals surface area contributed by atoms with E-state index < -0.39 is 12.0 Å². The molecule has 0 saturated carbocycles. The third-order valence-electron chi connectivity index (χ3n) is 3.05. The summed E-state index contributed by atoms with van der Waals surface area (Å²) in [5.74, 6) is -0.797. The maximum absolute atomic E-state index is 11.2. The van der Waals surface area contributed by atoms with Crippen molar-refractivity contribution in [2.75, 3.05) is 26.8 Å². The lowest BCUT2D eigenvalue weighted by atomic mass is 10.1. The Morgan fingerprint density at radius 1 is 1.39 bits per heavy atom. The molecule has 0 aliphatic rings. The standard InChI is InChI=1S/C13H28N2O3/c1-6-11(4)15(7-8-18-5)9-12(13(16)17)14-10(2)3/h10-12,14H,6-9H2,1-5H3,(H,16,17). The minimum Gasteiger partial charge on any atom is -0.480 e. The zero-order chi connectivity index (χ0) is 14.1. The minimum absolute atomic E-state index is 0.160. The molecule has 0 fully saturated rings. The molecule has 0 saturated heterocycles. The SMILES string of the molecule is CCC(C)N(CCOC)CC(NC(C)C)C(=O)O. The number of aliphatic carboxylic acids is 1. The number of rotatable bonds is 10. The van der Waals surface area contributed by atoms with Crippen molar-refractivity contribution in [2.24, 2.45) is 0 Å². The van der Waals surface area contributed by atoms with Crippen LogP contribution in [-0.2, 0) is 9.53 Å². The molecule has 0 radical (unpaired) electrons. The lowest BCUT2D eigenvalue weighted by molar-refractivity contribution is -0.140. The van der Waals surface area contributed by atoms with E-state index in [9.17, 15) is 9.90 Å². The van der Waals surface area contributed by atoms with Crippen molar-refractivity contribution in [1.82, 2.24) is 10.2 Å². The van der Waals surface area contributed by atoms with Crippen molar-refractivity contribution in [3.8, 4) is 0 Å². The van der Waals surface area contributed by atoms with E-state index in [0.29, 0.717) is 19.2 Å². The van der Waals surface area contributed by atoms with Gasteiger partial charge in [0.2, 0.25) is 0 Å². The molecule has 0 spiro atoms. The molecule has 0 aromatic rings. The summed E-state index contributed by atoms with van der Waals surface area (Å²) in [6, 6.07) is -0.0147. The molecule has 0 bridgehead atoms. The van der Waals surface area contributed by atoms with Crippen LogP contribution in [0.5, 0.6) is 0 Å². The van der Waals surface area contributed by atoms with Gasteiger partial charge >= 0.3 is 5.97 Å². The zero-order valence-electron chi connectivity index (χ0n) is 12.3. The molecule has 2 atom stereocenters. The Morgan fingerprint density at radius 2 is 2.00 bits per heavy atom. The number of ether oxygens (including phenoxy) is 1. The van der Waals surface area contributed by atoms with E-state index in [2.05, 4.69) is 24.1 Å².